The van der Waals surface area contributed by atoms with Crippen molar-refractivity contribution in [2.75, 3.05) is 59.6 Å². The number of morpholine rings is 1. The van der Waals surface area contributed by atoms with Crippen LogP contribution in [0.3, 0.4) is 0 Å². The van der Waals surface area contributed by atoms with E-state index in [9.17, 15) is 13.2 Å². The van der Waals surface area contributed by atoms with Crippen LogP contribution in [0.1, 0.15) is 36.0 Å². The number of piperidine rings is 1. The first-order chi connectivity index (χ1) is 14.0. The van der Waals surface area contributed by atoms with E-state index < -0.39 is 10.0 Å². The van der Waals surface area contributed by atoms with E-state index in [0.29, 0.717) is 30.9 Å². The number of sulfonamides is 1. The average molecular weight is 427 g/mol. The van der Waals surface area contributed by atoms with Gasteiger partial charge in [0.2, 0.25) is 10.0 Å². The first-order valence-electron chi connectivity index (χ1n) is 10.4. The molecule has 0 aromatic heterocycles. The zero-order valence-electron chi connectivity index (χ0n) is 17.1. The molecule has 9 heteroatoms. The van der Waals surface area contributed by atoms with E-state index in [1.807, 2.05) is 0 Å². The number of likely N-dealkylation sites (tertiary alicyclic amines) is 1. The van der Waals surface area contributed by atoms with Crippen LogP contribution in [-0.2, 0) is 14.8 Å². The number of hydrogen-bond acceptors (Lipinski definition) is 5. The molecule has 0 bridgehead atoms. The number of nitrogens with zero attached hydrogens (tertiary/aromatic N) is 1. The van der Waals surface area contributed by atoms with Gasteiger partial charge in [-0.3, -0.25) is 4.79 Å². The van der Waals surface area contributed by atoms with Crippen molar-refractivity contribution >= 4 is 15.9 Å². The normalized spacial score (nSPS) is 18.6. The number of nitrogens with one attached hydrogen (secondary N) is 2. The predicted octanol–water partition coefficient (Wildman–Crippen LogP) is -0.0952. The van der Waals surface area contributed by atoms with Crippen LogP contribution in [0.15, 0.2) is 23.1 Å². The third-order valence-corrected chi connectivity index (χ3v) is 7.01. The van der Waals surface area contributed by atoms with Gasteiger partial charge in [-0.2, -0.15) is 0 Å². The van der Waals surface area contributed by atoms with Gasteiger partial charge < -0.3 is 19.3 Å². The van der Waals surface area contributed by atoms with Crippen molar-refractivity contribution in [3.63, 3.8) is 0 Å². The summed E-state index contributed by atoms with van der Waals surface area (Å²) in [4.78, 5) is 16.2. The molecule has 1 aromatic carbocycles. The molecule has 0 spiro atoms. The molecule has 0 aliphatic carbocycles. The molecule has 2 heterocycles. The Labute approximate surface area is 173 Å². The summed E-state index contributed by atoms with van der Waals surface area (Å²) in [7, 11) is -2.20. The standard InChI is InChI=1S/C20H31N3O5S/c1-27-19-7-6-17(16-18(19)20(24)23-10-3-2-4-11-23)29(25,26)21-8-5-9-22-12-14-28-15-13-22/h6-7,16,21H,2-5,8-15H2,1H3/p+1. The minimum Gasteiger partial charge on any atom is -0.496 e. The van der Waals surface area contributed by atoms with E-state index in [2.05, 4.69) is 4.72 Å². The van der Waals surface area contributed by atoms with Crippen LogP contribution in [0.2, 0.25) is 0 Å². The van der Waals surface area contributed by atoms with Crippen LogP contribution in [0.25, 0.3) is 0 Å². The summed E-state index contributed by atoms with van der Waals surface area (Å²) in [5.41, 5.74) is 0.301. The molecule has 29 heavy (non-hydrogen) atoms. The summed E-state index contributed by atoms with van der Waals surface area (Å²) < 4.78 is 38.8. The Kier molecular flexibility index (Phi) is 7.88. The predicted molar refractivity (Wildman–Crippen MR) is 109 cm³/mol. The van der Waals surface area contributed by atoms with E-state index in [-0.39, 0.29) is 10.8 Å². The van der Waals surface area contributed by atoms with Gasteiger partial charge in [0, 0.05) is 26.1 Å². The summed E-state index contributed by atoms with van der Waals surface area (Å²) in [5, 5.41) is 0. The van der Waals surface area contributed by atoms with Crippen LogP contribution in [0.5, 0.6) is 5.75 Å². The molecule has 0 unspecified atom stereocenters. The van der Waals surface area contributed by atoms with Gasteiger partial charge in [0.05, 0.1) is 37.3 Å². The van der Waals surface area contributed by atoms with Gasteiger partial charge in [-0.15, -0.1) is 0 Å². The Morgan fingerprint density at radius 2 is 1.93 bits per heavy atom. The number of carbonyl (C=O) groups is 1. The highest BCUT2D eigenvalue weighted by atomic mass is 32.2. The number of hydrogen-bond donors (Lipinski definition) is 2. The molecule has 162 valence electrons. The summed E-state index contributed by atoms with van der Waals surface area (Å²) in [6.45, 7) is 6.13. The minimum atomic E-state index is -3.69. The van der Waals surface area contributed by atoms with Crippen LogP contribution >= 0.6 is 0 Å². The highest BCUT2D eigenvalue weighted by Gasteiger charge is 2.24. The number of methoxy groups -OCH3 is 1. The molecule has 2 fully saturated rings. The fourth-order valence-electron chi connectivity index (χ4n) is 3.83. The maximum absolute atomic E-state index is 12.9. The van der Waals surface area contributed by atoms with Gasteiger partial charge in [-0.25, -0.2) is 13.1 Å². The van der Waals surface area contributed by atoms with Crippen molar-refractivity contribution < 1.29 is 27.6 Å². The smallest absolute Gasteiger partial charge is 0.257 e. The number of ether oxygens (including phenoxy) is 2. The molecule has 1 amide bonds. The average Bonchev–Trinajstić information content (AvgIpc) is 2.77. The van der Waals surface area contributed by atoms with Crippen molar-refractivity contribution in [2.45, 2.75) is 30.6 Å². The molecular formula is C20H32N3O5S+. The Balaban J connectivity index is 1.64. The van der Waals surface area contributed by atoms with Gasteiger partial charge >= 0.3 is 0 Å². The second kappa shape index (κ2) is 10.4. The minimum absolute atomic E-state index is 0.0948. The van der Waals surface area contributed by atoms with E-state index in [4.69, 9.17) is 9.47 Å². The van der Waals surface area contributed by atoms with Crippen molar-refractivity contribution in [3.8, 4) is 5.75 Å². The molecular weight excluding hydrogens is 394 g/mol. The molecule has 0 atom stereocenters. The monoisotopic (exact) mass is 426 g/mol. The molecule has 0 radical (unpaired) electrons. The summed E-state index contributed by atoms with van der Waals surface area (Å²) in [6.07, 6.45) is 3.81. The Bertz CT molecular complexity index is 787. The highest BCUT2D eigenvalue weighted by Crippen LogP contribution is 2.25. The van der Waals surface area contributed by atoms with E-state index >= 15 is 0 Å². The van der Waals surface area contributed by atoms with Gasteiger partial charge in [-0.05, 0) is 37.5 Å². The van der Waals surface area contributed by atoms with Crippen LogP contribution in [0.4, 0.5) is 0 Å². The molecule has 2 N–H and O–H groups in total. The summed E-state index contributed by atoms with van der Waals surface area (Å²) in [5.74, 6) is 0.227. The van der Waals surface area contributed by atoms with Crippen LogP contribution in [-0.4, -0.2) is 78.8 Å². The molecule has 2 saturated heterocycles. The Morgan fingerprint density at radius 1 is 1.21 bits per heavy atom. The summed E-state index contributed by atoms with van der Waals surface area (Å²) >= 11 is 0. The maximum Gasteiger partial charge on any atom is 0.257 e. The molecule has 2 aliphatic heterocycles. The van der Waals surface area contributed by atoms with E-state index in [1.54, 1.807) is 11.0 Å². The molecule has 8 nitrogen and oxygen atoms in total. The molecule has 0 saturated carbocycles. The number of carbonyl (C=O) groups excluding carboxylic acids is 1. The second-order valence-electron chi connectivity index (χ2n) is 7.58. The number of rotatable bonds is 8. The molecule has 3 rings (SSSR count). The third kappa shape index (κ3) is 5.91. The van der Waals surface area contributed by atoms with Crippen LogP contribution in [0, 0.1) is 0 Å². The third-order valence-electron chi connectivity index (χ3n) is 5.55. The highest BCUT2D eigenvalue weighted by molar-refractivity contribution is 7.89. The lowest BCUT2D eigenvalue weighted by Gasteiger charge is -2.27. The van der Waals surface area contributed by atoms with Crippen molar-refractivity contribution in [2.24, 2.45) is 0 Å². The van der Waals surface area contributed by atoms with Crippen molar-refractivity contribution in [3.05, 3.63) is 23.8 Å². The van der Waals surface area contributed by atoms with Gasteiger partial charge in [0.15, 0.2) is 0 Å². The molecule has 2 aliphatic rings. The fraction of sp³-hybridized carbons (Fsp3) is 0.650. The van der Waals surface area contributed by atoms with Gasteiger partial charge in [0.1, 0.15) is 18.8 Å². The zero-order valence-corrected chi connectivity index (χ0v) is 17.9. The number of amides is 1. The first kappa shape index (κ1) is 22.0. The molecule has 1 aromatic rings. The first-order valence-corrected chi connectivity index (χ1v) is 11.9. The number of quaternary nitrogens is 1. The maximum atomic E-state index is 12.9. The lowest BCUT2D eigenvalue weighted by atomic mass is 10.1. The largest absolute Gasteiger partial charge is 0.496 e. The Morgan fingerprint density at radius 3 is 2.62 bits per heavy atom. The fourth-order valence-corrected chi connectivity index (χ4v) is 4.93. The van der Waals surface area contributed by atoms with Crippen molar-refractivity contribution in [1.82, 2.24) is 9.62 Å². The Hall–Kier alpha value is -1.68. The van der Waals surface area contributed by atoms with Gasteiger partial charge in [-0.1, -0.05) is 0 Å². The quantitative estimate of drug-likeness (QED) is 0.567. The SMILES string of the molecule is COc1ccc(S(=O)(=O)NCCC[NH+]2CCOCC2)cc1C(=O)N1CCCCC1. The van der Waals surface area contributed by atoms with E-state index in [1.165, 1.54) is 24.1 Å². The van der Waals surface area contributed by atoms with Gasteiger partial charge in [0.25, 0.3) is 5.91 Å². The lowest BCUT2D eigenvalue weighted by molar-refractivity contribution is -0.908. The lowest BCUT2D eigenvalue weighted by Crippen LogP contribution is -3.14. The number of benzene rings is 1. The van der Waals surface area contributed by atoms with E-state index in [0.717, 1.165) is 58.5 Å². The second-order valence-corrected chi connectivity index (χ2v) is 9.35. The van der Waals surface area contributed by atoms with Crippen LogP contribution < -0.4 is 14.4 Å². The summed E-state index contributed by atoms with van der Waals surface area (Å²) in [6, 6.07) is 4.48. The van der Waals surface area contributed by atoms with Crippen molar-refractivity contribution in [1.29, 1.82) is 0 Å². The zero-order chi connectivity index (χ0) is 20.7. The topological polar surface area (TPSA) is 89.4 Å².